The van der Waals surface area contributed by atoms with Crippen molar-refractivity contribution in [1.29, 1.82) is 0 Å². The summed E-state index contributed by atoms with van der Waals surface area (Å²) < 4.78 is 0. The average molecular weight is 340 g/mol. The van der Waals surface area contributed by atoms with Crippen LogP contribution in [0.25, 0.3) is 0 Å². The molecule has 1 heterocycles. The van der Waals surface area contributed by atoms with E-state index in [1.54, 1.807) is 30.3 Å². The second-order valence-electron chi connectivity index (χ2n) is 6.10. The zero-order chi connectivity index (χ0) is 17.9. The maximum Gasteiger partial charge on any atom is 0.251 e. The van der Waals surface area contributed by atoms with Gasteiger partial charge in [-0.2, -0.15) is 0 Å². The van der Waals surface area contributed by atoms with Crippen molar-refractivity contribution in [2.75, 3.05) is 19.7 Å². The number of rotatable bonds is 5. The van der Waals surface area contributed by atoms with Crippen LogP contribution in [-0.4, -0.2) is 86.1 Å². The molecule has 1 aliphatic heterocycles. The number of benzene rings is 1. The van der Waals surface area contributed by atoms with Crippen LogP contribution in [0, 0.1) is 0 Å². The highest BCUT2D eigenvalue weighted by Gasteiger charge is 2.54. The summed E-state index contributed by atoms with van der Waals surface area (Å²) in [6.45, 7) is 0.420. The summed E-state index contributed by atoms with van der Waals surface area (Å²) in [7, 11) is 0. The van der Waals surface area contributed by atoms with Gasteiger partial charge < -0.3 is 30.8 Å². The minimum absolute atomic E-state index is 0.155. The lowest BCUT2D eigenvalue weighted by Crippen LogP contribution is -2.75. The number of aliphatic hydroxyl groups excluding tert-OH is 5. The lowest BCUT2D eigenvalue weighted by Gasteiger charge is -2.53. The summed E-state index contributed by atoms with van der Waals surface area (Å²) >= 11 is 0. The van der Waals surface area contributed by atoms with Crippen LogP contribution in [0.3, 0.4) is 0 Å². The molecule has 5 unspecified atom stereocenters. The molecule has 2 rings (SSSR count). The topological polar surface area (TPSA) is 133 Å². The van der Waals surface area contributed by atoms with E-state index in [-0.39, 0.29) is 13.1 Å². The van der Waals surface area contributed by atoms with Crippen molar-refractivity contribution in [2.45, 2.75) is 37.0 Å². The normalized spacial score (nSPS) is 32.3. The number of β-amino-alcohol motifs (C(OH)–C–C–N with tert-alkyl or cyclic N) is 1. The van der Waals surface area contributed by atoms with Crippen LogP contribution in [0.2, 0.25) is 0 Å². The average Bonchev–Trinajstić information content (AvgIpc) is 2.59. The third-order valence-electron chi connectivity index (χ3n) is 4.54. The standard InChI is InChI=1S/C16H24N2O6/c1-10(20)18-7-12(21)13(22)14(23)16(18,9-19)8-17-15(24)11-5-3-2-4-6-11/h2-6,10,12-14,19-23H,7-9H2,1H3,(H,17,24). The van der Waals surface area contributed by atoms with Crippen molar-refractivity contribution < 1.29 is 30.3 Å². The number of aliphatic hydroxyl groups is 5. The third-order valence-corrected chi connectivity index (χ3v) is 4.54. The molecule has 6 N–H and O–H groups in total. The molecule has 1 aromatic carbocycles. The smallest absolute Gasteiger partial charge is 0.251 e. The van der Waals surface area contributed by atoms with E-state index in [0.29, 0.717) is 5.56 Å². The monoisotopic (exact) mass is 340 g/mol. The fraction of sp³-hybridized carbons (Fsp3) is 0.562. The number of nitrogens with one attached hydrogen (secondary N) is 1. The summed E-state index contributed by atoms with van der Waals surface area (Å²) in [4.78, 5) is 13.5. The molecular weight excluding hydrogens is 316 g/mol. The molecule has 0 spiro atoms. The van der Waals surface area contributed by atoms with Gasteiger partial charge in [0.15, 0.2) is 0 Å². The Kier molecular flexibility index (Phi) is 5.92. The Bertz CT molecular complexity index is 555. The molecule has 0 aromatic heterocycles. The van der Waals surface area contributed by atoms with Gasteiger partial charge in [-0.3, -0.25) is 9.69 Å². The molecule has 0 saturated carbocycles. The number of likely N-dealkylation sites (tertiary alicyclic amines) is 1. The second-order valence-corrected chi connectivity index (χ2v) is 6.10. The van der Waals surface area contributed by atoms with Crippen LogP contribution in [0.1, 0.15) is 17.3 Å². The summed E-state index contributed by atoms with van der Waals surface area (Å²) in [6, 6.07) is 8.40. The molecule has 0 radical (unpaired) electrons. The molecule has 0 bridgehead atoms. The van der Waals surface area contributed by atoms with E-state index in [1.807, 2.05) is 0 Å². The van der Waals surface area contributed by atoms with Gasteiger partial charge in [-0.25, -0.2) is 0 Å². The van der Waals surface area contributed by atoms with Gasteiger partial charge in [-0.05, 0) is 19.1 Å². The minimum Gasteiger partial charge on any atom is -0.394 e. The second kappa shape index (κ2) is 7.56. The van der Waals surface area contributed by atoms with Gasteiger partial charge >= 0.3 is 0 Å². The number of carbonyl (C=O) groups excluding carboxylic acids is 1. The fourth-order valence-electron chi connectivity index (χ4n) is 3.09. The number of carbonyl (C=O) groups is 1. The van der Waals surface area contributed by atoms with Gasteiger partial charge in [0.05, 0.1) is 18.2 Å². The first kappa shape index (κ1) is 18.8. The lowest BCUT2D eigenvalue weighted by atomic mass is 9.80. The van der Waals surface area contributed by atoms with Crippen LogP contribution < -0.4 is 5.32 Å². The maximum absolute atomic E-state index is 12.2. The van der Waals surface area contributed by atoms with Crippen LogP contribution >= 0.6 is 0 Å². The van der Waals surface area contributed by atoms with Gasteiger partial charge in [0, 0.05) is 18.7 Å². The van der Waals surface area contributed by atoms with Gasteiger partial charge in [-0.1, -0.05) is 18.2 Å². The van der Waals surface area contributed by atoms with Gasteiger partial charge in [0.1, 0.15) is 18.4 Å². The Morgan fingerprint density at radius 3 is 2.50 bits per heavy atom. The van der Waals surface area contributed by atoms with Crippen LogP contribution in [0.15, 0.2) is 30.3 Å². The van der Waals surface area contributed by atoms with Crippen LogP contribution in [0.5, 0.6) is 0 Å². The number of amides is 1. The molecule has 8 nitrogen and oxygen atoms in total. The molecule has 1 fully saturated rings. The lowest BCUT2D eigenvalue weighted by molar-refractivity contribution is -0.217. The Hall–Kier alpha value is -1.55. The predicted molar refractivity (Wildman–Crippen MR) is 85.0 cm³/mol. The molecule has 24 heavy (non-hydrogen) atoms. The van der Waals surface area contributed by atoms with Gasteiger partial charge in [-0.15, -0.1) is 0 Å². The van der Waals surface area contributed by atoms with E-state index >= 15 is 0 Å². The highest BCUT2D eigenvalue weighted by atomic mass is 16.4. The highest BCUT2D eigenvalue weighted by Crippen LogP contribution is 2.30. The molecule has 1 aromatic rings. The minimum atomic E-state index is -1.56. The molecular formula is C16H24N2O6. The van der Waals surface area contributed by atoms with E-state index in [0.717, 1.165) is 0 Å². The Labute approximate surface area is 140 Å². The van der Waals surface area contributed by atoms with E-state index in [4.69, 9.17) is 0 Å². The highest BCUT2D eigenvalue weighted by molar-refractivity contribution is 5.94. The van der Waals surface area contributed by atoms with Crippen LogP contribution in [0.4, 0.5) is 0 Å². The summed E-state index contributed by atoms with van der Waals surface area (Å²) in [6.07, 6.45) is -5.45. The van der Waals surface area contributed by atoms with E-state index < -0.39 is 42.6 Å². The van der Waals surface area contributed by atoms with Gasteiger partial charge in [0.2, 0.25) is 0 Å². The Morgan fingerprint density at radius 2 is 1.96 bits per heavy atom. The zero-order valence-electron chi connectivity index (χ0n) is 13.4. The van der Waals surface area contributed by atoms with Crippen LogP contribution in [-0.2, 0) is 0 Å². The summed E-state index contributed by atoms with van der Waals surface area (Å²) in [5.41, 5.74) is -1.11. The van der Waals surface area contributed by atoms with E-state index in [9.17, 15) is 30.3 Å². The quantitative estimate of drug-likeness (QED) is 0.361. The maximum atomic E-state index is 12.2. The Morgan fingerprint density at radius 1 is 1.33 bits per heavy atom. The van der Waals surface area contributed by atoms with Crippen molar-refractivity contribution >= 4 is 5.91 Å². The van der Waals surface area contributed by atoms with Crippen molar-refractivity contribution in [2.24, 2.45) is 0 Å². The first-order valence-electron chi connectivity index (χ1n) is 7.76. The molecule has 1 aliphatic rings. The van der Waals surface area contributed by atoms with E-state index in [2.05, 4.69) is 5.32 Å². The third kappa shape index (κ3) is 3.44. The van der Waals surface area contributed by atoms with Crippen molar-refractivity contribution in [3.8, 4) is 0 Å². The van der Waals surface area contributed by atoms with Crippen molar-refractivity contribution in [3.63, 3.8) is 0 Å². The van der Waals surface area contributed by atoms with E-state index in [1.165, 1.54) is 11.8 Å². The fourth-order valence-corrected chi connectivity index (χ4v) is 3.09. The largest absolute Gasteiger partial charge is 0.394 e. The molecule has 134 valence electrons. The van der Waals surface area contributed by atoms with Gasteiger partial charge in [0.25, 0.3) is 5.91 Å². The first-order chi connectivity index (χ1) is 11.3. The number of nitrogens with zero attached hydrogens (tertiary/aromatic N) is 1. The molecule has 1 saturated heterocycles. The molecule has 5 atom stereocenters. The zero-order valence-corrected chi connectivity index (χ0v) is 13.4. The van der Waals surface area contributed by atoms with Crippen molar-refractivity contribution in [1.82, 2.24) is 10.2 Å². The molecule has 0 aliphatic carbocycles. The molecule has 8 heteroatoms. The number of hydrogen-bond donors (Lipinski definition) is 6. The predicted octanol–water partition coefficient (Wildman–Crippen LogP) is -2.12. The summed E-state index contributed by atoms with van der Waals surface area (Å²) in [5, 5.41) is 52.6. The molecule has 1 amide bonds. The number of hydrogen-bond acceptors (Lipinski definition) is 7. The summed E-state index contributed by atoms with van der Waals surface area (Å²) in [5.74, 6) is -0.415. The first-order valence-corrected chi connectivity index (χ1v) is 7.76. The van der Waals surface area contributed by atoms with Crippen molar-refractivity contribution in [3.05, 3.63) is 35.9 Å². The SMILES string of the molecule is CC(O)N1CC(O)C(O)C(O)C1(CO)CNC(=O)c1ccccc1. The Balaban J connectivity index is 2.22. The number of piperidine rings is 1.